The van der Waals surface area contributed by atoms with Crippen LogP contribution < -0.4 is 5.32 Å². The van der Waals surface area contributed by atoms with Crippen molar-refractivity contribution in [2.24, 2.45) is 5.92 Å². The molecule has 0 fully saturated rings. The van der Waals surface area contributed by atoms with Gasteiger partial charge in [-0.1, -0.05) is 31.9 Å². The van der Waals surface area contributed by atoms with Crippen LogP contribution in [0.5, 0.6) is 0 Å². The Hall–Kier alpha value is -1.22. The average Bonchev–Trinajstić information content (AvgIpc) is 2.37. The number of nitrogens with zero attached hydrogens (tertiary/aromatic N) is 1. The quantitative estimate of drug-likeness (QED) is 0.889. The molecule has 0 spiro atoms. The van der Waals surface area contributed by atoms with Crippen LogP contribution >= 0.6 is 11.6 Å². The molecule has 0 saturated carbocycles. The molecule has 4 heteroatoms. The number of halogens is 1. The Balaban J connectivity index is 3.04. The number of rotatable bonds is 5. The summed E-state index contributed by atoms with van der Waals surface area (Å²) in [6, 6.07) is 5.63. The summed E-state index contributed by atoms with van der Waals surface area (Å²) in [5, 5.41) is 4.04. The first-order valence-corrected chi connectivity index (χ1v) is 7.02. The van der Waals surface area contributed by atoms with Crippen LogP contribution in [0.15, 0.2) is 18.2 Å². The van der Waals surface area contributed by atoms with Gasteiger partial charge in [-0.25, -0.2) is 0 Å². The molecule has 19 heavy (non-hydrogen) atoms. The summed E-state index contributed by atoms with van der Waals surface area (Å²) < 4.78 is 0. The van der Waals surface area contributed by atoms with E-state index < -0.39 is 0 Å². The third-order valence-electron chi connectivity index (χ3n) is 3.50. The van der Waals surface area contributed by atoms with Gasteiger partial charge < -0.3 is 10.2 Å². The first-order valence-electron chi connectivity index (χ1n) is 6.64. The molecule has 1 rings (SSSR count). The highest BCUT2D eigenvalue weighted by Gasteiger charge is 2.17. The van der Waals surface area contributed by atoms with Crippen LogP contribution in [0.1, 0.15) is 37.6 Å². The van der Waals surface area contributed by atoms with E-state index in [0.717, 1.165) is 12.1 Å². The van der Waals surface area contributed by atoms with Crippen LogP contribution in [-0.4, -0.2) is 30.9 Å². The zero-order valence-electron chi connectivity index (χ0n) is 12.3. The number of anilines is 1. The van der Waals surface area contributed by atoms with E-state index in [1.807, 2.05) is 6.07 Å². The average molecular weight is 283 g/mol. The number of nitrogens with one attached hydrogen (secondary N) is 1. The minimum atomic E-state index is -0.0180. The first-order chi connectivity index (χ1) is 8.86. The molecule has 0 aromatic heterocycles. The van der Waals surface area contributed by atoms with Gasteiger partial charge in [-0.05, 0) is 31.0 Å². The molecule has 0 aliphatic rings. The Morgan fingerprint density at radius 3 is 2.53 bits per heavy atom. The molecule has 0 bridgehead atoms. The monoisotopic (exact) mass is 282 g/mol. The standard InChI is InChI=1S/C15H23ClN2O/c1-6-10(2)11(3)17-14-9-12(16)7-8-13(14)15(19)18(4)5/h7-11,17H,6H2,1-5H3. The Labute approximate surface area is 120 Å². The lowest BCUT2D eigenvalue weighted by Gasteiger charge is -2.23. The van der Waals surface area contributed by atoms with Crippen molar-refractivity contribution in [1.82, 2.24) is 4.90 Å². The fourth-order valence-corrected chi connectivity index (χ4v) is 1.98. The summed E-state index contributed by atoms with van der Waals surface area (Å²) in [4.78, 5) is 13.7. The normalized spacial score (nSPS) is 13.8. The summed E-state index contributed by atoms with van der Waals surface area (Å²) in [7, 11) is 3.50. The summed E-state index contributed by atoms with van der Waals surface area (Å²) >= 11 is 6.03. The van der Waals surface area contributed by atoms with E-state index >= 15 is 0 Å². The van der Waals surface area contributed by atoms with Crippen LogP contribution in [0.4, 0.5) is 5.69 Å². The number of carbonyl (C=O) groups excluding carboxylic acids is 1. The molecule has 0 saturated heterocycles. The zero-order chi connectivity index (χ0) is 14.6. The number of hydrogen-bond acceptors (Lipinski definition) is 2. The molecule has 106 valence electrons. The Morgan fingerprint density at radius 1 is 1.37 bits per heavy atom. The van der Waals surface area contributed by atoms with Gasteiger partial charge in [0.1, 0.15) is 0 Å². The molecule has 1 aromatic carbocycles. The van der Waals surface area contributed by atoms with E-state index in [4.69, 9.17) is 11.6 Å². The highest BCUT2D eigenvalue weighted by atomic mass is 35.5. The van der Waals surface area contributed by atoms with Gasteiger partial charge in [0.2, 0.25) is 0 Å². The van der Waals surface area contributed by atoms with Crippen molar-refractivity contribution in [1.29, 1.82) is 0 Å². The number of carbonyl (C=O) groups is 1. The smallest absolute Gasteiger partial charge is 0.255 e. The molecule has 0 heterocycles. The van der Waals surface area contributed by atoms with Crippen molar-refractivity contribution in [2.45, 2.75) is 33.2 Å². The lowest BCUT2D eigenvalue weighted by atomic mass is 10.00. The van der Waals surface area contributed by atoms with Crippen LogP contribution in [0.2, 0.25) is 5.02 Å². The van der Waals surface area contributed by atoms with Gasteiger partial charge in [-0.15, -0.1) is 0 Å². The molecule has 0 radical (unpaired) electrons. The lowest BCUT2D eigenvalue weighted by molar-refractivity contribution is 0.0828. The highest BCUT2D eigenvalue weighted by Crippen LogP contribution is 2.24. The second-order valence-electron chi connectivity index (χ2n) is 5.21. The third kappa shape index (κ3) is 4.13. The summed E-state index contributed by atoms with van der Waals surface area (Å²) in [5.74, 6) is 0.511. The second kappa shape index (κ2) is 6.80. The van der Waals surface area contributed by atoms with Crippen molar-refractivity contribution < 1.29 is 4.79 Å². The predicted octanol–water partition coefficient (Wildman–Crippen LogP) is 3.89. The molecule has 2 unspecified atom stereocenters. The molecule has 0 aliphatic heterocycles. The van der Waals surface area contributed by atoms with E-state index in [1.54, 1.807) is 31.1 Å². The molecular formula is C15H23ClN2O. The van der Waals surface area contributed by atoms with Crippen molar-refractivity contribution in [3.8, 4) is 0 Å². The highest BCUT2D eigenvalue weighted by molar-refractivity contribution is 6.31. The molecule has 1 N–H and O–H groups in total. The van der Waals surface area contributed by atoms with Crippen LogP contribution in [0.25, 0.3) is 0 Å². The fraction of sp³-hybridized carbons (Fsp3) is 0.533. The predicted molar refractivity (Wildman–Crippen MR) is 82.0 cm³/mol. The maximum atomic E-state index is 12.1. The van der Waals surface area contributed by atoms with Crippen molar-refractivity contribution in [3.05, 3.63) is 28.8 Å². The van der Waals surface area contributed by atoms with Gasteiger partial charge in [-0.3, -0.25) is 4.79 Å². The third-order valence-corrected chi connectivity index (χ3v) is 3.73. The van der Waals surface area contributed by atoms with Gasteiger partial charge >= 0.3 is 0 Å². The van der Waals surface area contributed by atoms with Gasteiger partial charge in [0.25, 0.3) is 5.91 Å². The first kappa shape index (κ1) is 15.8. The van der Waals surface area contributed by atoms with E-state index in [0.29, 0.717) is 16.5 Å². The van der Waals surface area contributed by atoms with Crippen molar-refractivity contribution in [3.63, 3.8) is 0 Å². The molecule has 2 atom stereocenters. The second-order valence-corrected chi connectivity index (χ2v) is 5.64. The Kier molecular flexibility index (Phi) is 5.67. The van der Waals surface area contributed by atoms with Crippen molar-refractivity contribution in [2.75, 3.05) is 19.4 Å². The minimum absolute atomic E-state index is 0.0180. The SMILES string of the molecule is CCC(C)C(C)Nc1cc(Cl)ccc1C(=O)N(C)C. The number of amides is 1. The molecule has 1 aromatic rings. The Bertz CT molecular complexity index is 446. The number of hydrogen-bond donors (Lipinski definition) is 1. The van der Waals surface area contributed by atoms with Gasteiger partial charge in [0.15, 0.2) is 0 Å². The maximum absolute atomic E-state index is 12.1. The van der Waals surface area contributed by atoms with E-state index in [9.17, 15) is 4.79 Å². The molecule has 0 aliphatic carbocycles. The van der Waals surface area contributed by atoms with E-state index in [-0.39, 0.29) is 11.9 Å². The van der Waals surface area contributed by atoms with Crippen LogP contribution in [0.3, 0.4) is 0 Å². The van der Waals surface area contributed by atoms with E-state index in [2.05, 4.69) is 26.1 Å². The van der Waals surface area contributed by atoms with Crippen LogP contribution in [-0.2, 0) is 0 Å². The maximum Gasteiger partial charge on any atom is 0.255 e. The summed E-state index contributed by atoms with van der Waals surface area (Å²) in [6.45, 7) is 6.47. The number of benzene rings is 1. The summed E-state index contributed by atoms with van der Waals surface area (Å²) in [6.07, 6.45) is 1.09. The van der Waals surface area contributed by atoms with Crippen molar-refractivity contribution >= 4 is 23.2 Å². The molecule has 3 nitrogen and oxygen atoms in total. The topological polar surface area (TPSA) is 32.3 Å². The lowest BCUT2D eigenvalue weighted by Crippen LogP contribution is -2.27. The summed E-state index contributed by atoms with van der Waals surface area (Å²) in [5.41, 5.74) is 1.46. The fourth-order valence-electron chi connectivity index (χ4n) is 1.80. The van der Waals surface area contributed by atoms with Gasteiger partial charge in [0, 0.05) is 30.8 Å². The largest absolute Gasteiger partial charge is 0.382 e. The van der Waals surface area contributed by atoms with Crippen LogP contribution in [0, 0.1) is 5.92 Å². The molecule has 1 amide bonds. The van der Waals surface area contributed by atoms with Gasteiger partial charge in [-0.2, -0.15) is 0 Å². The zero-order valence-corrected chi connectivity index (χ0v) is 13.1. The van der Waals surface area contributed by atoms with E-state index in [1.165, 1.54) is 0 Å². The van der Waals surface area contributed by atoms with Gasteiger partial charge in [0.05, 0.1) is 5.56 Å². The minimum Gasteiger partial charge on any atom is -0.382 e. The molecular weight excluding hydrogens is 260 g/mol. The Morgan fingerprint density at radius 2 is 2.00 bits per heavy atom.